The van der Waals surface area contributed by atoms with Crippen LogP contribution in [0.5, 0.6) is 0 Å². The molecule has 0 saturated heterocycles. The molecule has 2 N–H and O–H groups in total. The smallest absolute Gasteiger partial charge is 0.345 e. The standard InChI is InChI=1S/C24H25N5O10S2/c1-15(30)7-9-38-23(32)18-11-16(3-5-20(18)28(34)35)40-41-17-4-6-21(29(36)37)19(12-17)24(33)39-10-8-22(31)27-14-26-13-25-2/h3-6,11-12,26H,2,7-10,13-14H2,1H3,(H,27,31). The first-order valence-corrected chi connectivity index (χ1v) is 13.8. The Kier molecular flexibility index (Phi) is 13.4. The molecule has 15 nitrogen and oxygen atoms in total. The van der Waals surface area contributed by atoms with Gasteiger partial charge >= 0.3 is 11.9 Å². The third-order valence-electron chi connectivity index (χ3n) is 4.89. The molecule has 0 aliphatic carbocycles. The van der Waals surface area contributed by atoms with Gasteiger partial charge in [-0.2, -0.15) is 0 Å². The molecular formula is C24H25N5O10S2. The van der Waals surface area contributed by atoms with E-state index < -0.39 is 39.1 Å². The van der Waals surface area contributed by atoms with Crippen LogP contribution in [0, 0.1) is 20.2 Å². The minimum Gasteiger partial charge on any atom is -0.461 e. The number of benzene rings is 2. The van der Waals surface area contributed by atoms with Crippen molar-refractivity contribution < 1.29 is 38.5 Å². The fraction of sp³-hybridized carbons (Fsp3) is 0.292. The molecule has 2 aromatic rings. The summed E-state index contributed by atoms with van der Waals surface area (Å²) in [5.41, 5.74) is -1.63. The van der Waals surface area contributed by atoms with E-state index in [4.69, 9.17) is 9.47 Å². The lowest BCUT2D eigenvalue weighted by Gasteiger charge is -2.09. The molecule has 2 rings (SSSR count). The van der Waals surface area contributed by atoms with Crippen LogP contribution >= 0.6 is 21.6 Å². The first-order chi connectivity index (χ1) is 19.5. The lowest BCUT2D eigenvalue weighted by molar-refractivity contribution is -0.385. The second-order valence-corrected chi connectivity index (χ2v) is 10.2. The largest absolute Gasteiger partial charge is 0.461 e. The number of carbonyl (C=O) groups is 4. The van der Waals surface area contributed by atoms with Crippen molar-refractivity contribution in [3.63, 3.8) is 0 Å². The van der Waals surface area contributed by atoms with Crippen LogP contribution in [0.25, 0.3) is 0 Å². The van der Waals surface area contributed by atoms with E-state index in [1.807, 2.05) is 0 Å². The molecule has 0 aliphatic rings. The van der Waals surface area contributed by atoms with Gasteiger partial charge in [0.15, 0.2) is 0 Å². The summed E-state index contributed by atoms with van der Waals surface area (Å²) >= 11 is 0. The SMILES string of the molecule is C=NCNCNC(=O)CCOC(=O)c1cc(SSc2ccc([N+](=O)[O-])c(C(=O)OCCC(C)=O)c2)ccc1[N+](=O)[O-]. The van der Waals surface area contributed by atoms with Crippen LogP contribution in [-0.4, -0.2) is 66.7 Å². The average molecular weight is 608 g/mol. The Bertz CT molecular complexity index is 1340. The van der Waals surface area contributed by atoms with Gasteiger partial charge in [0.25, 0.3) is 11.4 Å². The van der Waals surface area contributed by atoms with Gasteiger partial charge in [0, 0.05) is 28.3 Å². The number of hydrogen-bond donors (Lipinski definition) is 2. The van der Waals surface area contributed by atoms with Crippen molar-refractivity contribution >= 4 is 63.3 Å². The number of nitro benzene ring substituents is 2. The van der Waals surface area contributed by atoms with Gasteiger partial charge in [0.2, 0.25) is 5.91 Å². The molecule has 0 fully saturated rings. The van der Waals surface area contributed by atoms with Gasteiger partial charge in [-0.3, -0.25) is 40.1 Å². The lowest BCUT2D eigenvalue weighted by atomic mass is 10.2. The van der Waals surface area contributed by atoms with Crippen LogP contribution in [0.2, 0.25) is 0 Å². The van der Waals surface area contributed by atoms with Crippen LogP contribution in [0.1, 0.15) is 40.5 Å². The van der Waals surface area contributed by atoms with E-state index in [0.29, 0.717) is 9.79 Å². The normalized spacial score (nSPS) is 10.4. The molecule has 41 heavy (non-hydrogen) atoms. The highest BCUT2D eigenvalue weighted by atomic mass is 33.1. The summed E-state index contributed by atoms with van der Waals surface area (Å²) < 4.78 is 10.0. The summed E-state index contributed by atoms with van der Waals surface area (Å²) in [5.74, 6) is -2.61. The number of aliphatic imine (C=N–C) groups is 1. The van der Waals surface area contributed by atoms with E-state index in [0.717, 1.165) is 33.7 Å². The molecule has 0 spiro atoms. The second-order valence-electron chi connectivity index (χ2n) is 7.92. The number of nitrogens with zero attached hydrogens (tertiary/aromatic N) is 3. The summed E-state index contributed by atoms with van der Waals surface area (Å²) in [6, 6.07) is 7.54. The number of nitrogens with one attached hydrogen (secondary N) is 2. The van der Waals surface area contributed by atoms with Crippen molar-refractivity contribution in [3.05, 3.63) is 67.8 Å². The molecule has 0 aromatic heterocycles. The van der Waals surface area contributed by atoms with Gasteiger partial charge < -0.3 is 14.8 Å². The number of nitro groups is 2. The van der Waals surface area contributed by atoms with Crippen LogP contribution in [-0.2, 0) is 19.1 Å². The van der Waals surface area contributed by atoms with Crippen molar-refractivity contribution in [1.82, 2.24) is 10.6 Å². The molecule has 0 saturated carbocycles. The number of amides is 1. The molecule has 0 atom stereocenters. The van der Waals surface area contributed by atoms with Gasteiger partial charge in [-0.25, -0.2) is 9.59 Å². The van der Waals surface area contributed by atoms with Crippen molar-refractivity contribution in [1.29, 1.82) is 0 Å². The zero-order valence-corrected chi connectivity index (χ0v) is 23.3. The topological polar surface area (TPSA) is 209 Å². The number of ketones is 1. The Morgan fingerprint density at radius 2 is 1.37 bits per heavy atom. The molecule has 0 bridgehead atoms. The van der Waals surface area contributed by atoms with Gasteiger partial charge in [-0.15, -0.1) is 0 Å². The molecule has 0 radical (unpaired) electrons. The minimum atomic E-state index is -1.00. The van der Waals surface area contributed by atoms with Crippen LogP contribution < -0.4 is 10.6 Å². The maximum absolute atomic E-state index is 12.6. The zero-order valence-electron chi connectivity index (χ0n) is 21.7. The quantitative estimate of drug-likeness (QED) is 0.0503. The Hall–Kier alpha value is -4.35. The van der Waals surface area contributed by atoms with Crippen LogP contribution in [0.3, 0.4) is 0 Å². The Morgan fingerprint density at radius 1 is 0.878 bits per heavy atom. The van der Waals surface area contributed by atoms with Crippen molar-refractivity contribution in [2.24, 2.45) is 4.99 Å². The summed E-state index contributed by atoms with van der Waals surface area (Å²) in [6.45, 7) is 4.42. The lowest BCUT2D eigenvalue weighted by Crippen LogP contribution is -2.34. The predicted molar refractivity (Wildman–Crippen MR) is 149 cm³/mol. The summed E-state index contributed by atoms with van der Waals surface area (Å²) in [4.78, 5) is 73.6. The van der Waals surface area contributed by atoms with E-state index >= 15 is 0 Å². The monoisotopic (exact) mass is 607 g/mol. The maximum atomic E-state index is 12.6. The molecule has 0 heterocycles. The number of hydrogen-bond acceptors (Lipinski definition) is 14. The highest BCUT2D eigenvalue weighted by molar-refractivity contribution is 8.76. The van der Waals surface area contributed by atoms with Crippen LogP contribution in [0.15, 0.2) is 51.2 Å². The summed E-state index contributed by atoms with van der Waals surface area (Å²) in [5, 5.41) is 28.1. The Labute approximate surface area is 241 Å². The molecule has 17 heteroatoms. The minimum absolute atomic E-state index is 0.0343. The second kappa shape index (κ2) is 16.7. The fourth-order valence-corrected chi connectivity index (χ4v) is 4.91. The molecule has 0 aliphatic heterocycles. The Balaban J connectivity index is 2.10. The van der Waals surface area contributed by atoms with Gasteiger partial charge in [-0.05, 0) is 37.9 Å². The van der Waals surface area contributed by atoms with Gasteiger partial charge in [0.05, 0.1) is 36.2 Å². The fourth-order valence-electron chi connectivity index (χ4n) is 2.94. The Morgan fingerprint density at radius 3 is 1.80 bits per heavy atom. The van der Waals surface area contributed by atoms with E-state index in [9.17, 15) is 39.4 Å². The highest BCUT2D eigenvalue weighted by Gasteiger charge is 2.24. The number of esters is 2. The van der Waals surface area contributed by atoms with E-state index in [1.54, 1.807) is 0 Å². The number of carbonyl (C=O) groups excluding carboxylic acids is 4. The maximum Gasteiger partial charge on any atom is 0.345 e. The van der Waals surface area contributed by atoms with Crippen molar-refractivity contribution in [2.75, 3.05) is 26.6 Å². The zero-order chi connectivity index (χ0) is 30.4. The number of rotatable bonds is 17. The van der Waals surface area contributed by atoms with E-state index in [2.05, 4.69) is 22.3 Å². The molecule has 0 unspecified atom stereocenters. The summed E-state index contributed by atoms with van der Waals surface area (Å²) in [7, 11) is 2.12. The molecule has 218 valence electrons. The average Bonchev–Trinajstić information content (AvgIpc) is 2.93. The predicted octanol–water partition coefficient (Wildman–Crippen LogP) is 3.31. The number of Topliss-reactive ketones (excluding diaryl/α,β-unsaturated/α-hetero) is 1. The summed E-state index contributed by atoms with van der Waals surface area (Å²) in [6.07, 6.45) is -0.208. The van der Waals surface area contributed by atoms with E-state index in [1.165, 1.54) is 31.2 Å². The molecule has 2 aromatic carbocycles. The van der Waals surface area contributed by atoms with E-state index in [-0.39, 0.29) is 56.3 Å². The van der Waals surface area contributed by atoms with Crippen LogP contribution in [0.4, 0.5) is 11.4 Å². The highest BCUT2D eigenvalue weighted by Crippen LogP contribution is 2.40. The van der Waals surface area contributed by atoms with Crippen molar-refractivity contribution in [2.45, 2.75) is 29.6 Å². The molecule has 1 amide bonds. The van der Waals surface area contributed by atoms with Gasteiger partial charge in [-0.1, -0.05) is 21.6 Å². The molecular weight excluding hydrogens is 582 g/mol. The van der Waals surface area contributed by atoms with Gasteiger partial charge in [0.1, 0.15) is 23.5 Å². The third kappa shape index (κ3) is 11.0. The third-order valence-corrected chi connectivity index (χ3v) is 7.27. The first-order valence-electron chi connectivity index (χ1n) is 11.7. The van der Waals surface area contributed by atoms with Crippen molar-refractivity contribution in [3.8, 4) is 0 Å². The number of ether oxygens (including phenoxy) is 2. The first kappa shape index (κ1) is 32.9.